The van der Waals surface area contributed by atoms with E-state index in [1.54, 1.807) is 18.4 Å². The first kappa shape index (κ1) is 15.1. The van der Waals surface area contributed by atoms with Crippen LogP contribution in [-0.4, -0.2) is 17.1 Å². The van der Waals surface area contributed by atoms with Gasteiger partial charge in [0.25, 0.3) is 0 Å². The van der Waals surface area contributed by atoms with Gasteiger partial charge in [0.2, 0.25) is 0 Å². The van der Waals surface area contributed by atoms with Gasteiger partial charge in [0.1, 0.15) is 5.15 Å². The van der Waals surface area contributed by atoms with Gasteiger partial charge in [-0.05, 0) is 60.5 Å². The third kappa shape index (κ3) is 3.24. The smallest absolute Gasteiger partial charge is 0.171 e. The Hall–Kier alpha value is 0.720. The van der Waals surface area contributed by atoms with Gasteiger partial charge in [0, 0.05) is 11.6 Å². The van der Waals surface area contributed by atoms with Crippen LogP contribution in [-0.2, 0) is 11.3 Å². The Kier molecular flexibility index (Phi) is 5.41. The fourth-order valence-electron chi connectivity index (χ4n) is 1.26. The summed E-state index contributed by atoms with van der Waals surface area (Å²) in [5.41, 5.74) is 0.800. The Bertz CT molecular complexity index is 574. The van der Waals surface area contributed by atoms with Crippen LogP contribution in [0.5, 0.6) is 0 Å². The average molecular weight is 524 g/mol. The van der Waals surface area contributed by atoms with E-state index in [-0.39, 0.29) is 0 Å². The van der Waals surface area contributed by atoms with E-state index in [0.717, 1.165) is 22.4 Å². The minimum atomic E-state index is 0.418. The van der Waals surface area contributed by atoms with Crippen molar-refractivity contribution < 1.29 is 4.74 Å². The van der Waals surface area contributed by atoms with Gasteiger partial charge in [-0.15, -0.1) is 11.3 Å². The van der Waals surface area contributed by atoms with E-state index in [2.05, 4.69) is 64.4 Å². The van der Waals surface area contributed by atoms with E-state index >= 15 is 0 Å². The van der Waals surface area contributed by atoms with E-state index in [4.69, 9.17) is 16.3 Å². The molecule has 0 aliphatic rings. The summed E-state index contributed by atoms with van der Waals surface area (Å²) >= 11 is 16.7. The van der Waals surface area contributed by atoms with Crippen LogP contribution in [0.1, 0.15) is 5.69 Å². The molecule has 18 heavy (non-hydrogen) atoms. The van der Waals surface area contributed by atoms with Crippen LogP contribution < -0.4 is 0 Å². The second-order valence-corrected chi connectivity index (χ2v) is 7.93. The maximum atomic E-state index is 6.12. The SMILES string of the molecule is COCc1nc(-c2cc(Br)c(Br)s2)nc(Cl)c1I. The first-order chi connectivity index (χ1) is 8.52. The number of thiophene rings is 1. The molecule has 0 saturated heterocycles. The van der Waals surface area contributed by atoms with Crippen LogP contribution in [0.2, 0.25) is 5.15 Å². The molecule has 2 aromatic rings. The zero-order valence-electron chi connectivity index (χ0n) is 9.01. The summed E-state index contributed by atoms with van der Waals surface area (Å²) in [6, 6.07) is 1.96. The van der Waals surface area contributed by atoms with Gasteiger partial charge in [-0.25, -0.2) is 9.97 Å². The Morgan fingerprint density at radius 2 is 2.17 bits per heavy atom. The first-order valence-corrected chi connectivity index (χ1v) is 8.55. The van der Waals surface area contributed by atoms with Crippen molar-refractivity contribution in [3.05, 3.63) is 28.7 Å². The third-order valence-electron chi connectivity index (χ3n) is 2.03. The molecular weight excluding hydrogens is 518 g/mol. The van der Waals surface area contributed by atoms with Crippen molar-refractivity contribution in [1.29, 1.82) is 0 Å². The van der Waals surface area contributed by atoms with Gasteiger partial charge >= 0.3 is 0 Å². The molecule has 2 rings (SSSR count). The Morgan fingerprint density at radius 1 is 1.44 bits per heavy atom. The fraction of sp³-hybridized carbons (Fsp3) is 0.200. The van der Waals surface area contributed by atoms with Crippen molar-refractivity contribution in [2.75, 3.05) is 7.11 Å². The molecular formula is C10H6Br2ClIN2OS. The van der Waals surface area contributed by atoms with Crippen molar-refractivity contribution >= 4 is 77.4 Å². The fourth-order valence-corrected chi connectivity index (χ4v) is 3.82. The molecule has 8 heteroatoms. The van der Waals surface area contributed by atoms with E-state index in [0.29, 0.717) is 17.6 Å². The van der Waals surface area contributed by atoms with Crippen LogP contribution in [0.4, 0.5) is 0 Å². The lowest BCUT2D eigenvalue weighted by molar-refractivity contribution is 0.181. The Balaban J connectivity index is 2.51. The molecule has 0 aromatic carbocycles. The highest BCUT2D eigenvalue weighted by molar-refractivity contribution is 14.1. The van der Waals surface area contributed by atoms with E-state index in [1.807, 2.05) is 6.07 Å². The van der Waals surface area contributed by atoms with E-state index < -0.39 is 0 Å². The monoisotopic (exact) mass is 522 g/mol. The number of rotatable bonds is 3. The number of ether oxygens (including phenoxy) is 1. The van der Waals surface area contributed by atoms with Crippen molar-refractivity contribution in [2.24, 2.45) is 0 Å². The predicted octanol–water partition coefficient (Wildman–Crippen LogP) is 5.13. The van der Waals surface area contributed by atoms with Gasteiger partial charge in [0.15, 0.2) is 5.82 Å². The molecule has 0 saturated carbocycles. The zero-order valence-corrected chi connectivity index (χ0v) is 15.9. The molecule has 0 unspecified atom stereocenters. The number of hydrogen-bond donors (Lipinski definition) is 0. The molecule has 96 valence electrons. The normalized spacial score (nSPS) is 10.9. The molecule has 0 aliphatic carbocycles. The van der Waals surface area contributed by atoms with E-state index in [1.165, 1.54) is 0 Å². The van der Waals surface area contributed by atoms with Gasteiger partial charge in [-0.2, -0.15) is 0 Å². The number of hydrogen-bond acceptors (Lipinski definition) is 4. The molecule has 0 fully saturated rings. The van der Waals surface area contributed by atoms with Crippen LogP contribution in [0, 0.1) is 3.57 Å². The molecule has 0 N–H and O–H groups in total. The quantitative estimate of drug-likeness (QED) is 0.413. The van der Waals surface area contributed by atoms with Gasteiger partial charge in [0.05, 0.1) is 24.5 Å². The topological polar surface area (TPSA) is 35.0 Å². The van der Waals surface area contributed by atoms with Crippen molar-refractivity contribution in [3.63, 3.8) is 0 Å². The highest BCUT2D eigenvalue weighted by Crippen LogP contribution is 2.37. The lowest BCUT2D eigenvalue weighted by Crippen LogP contribution is -2.01. The summed E-state index contributed by atoms with van der Waals surface area (Å²) in [6.07, 6.45) is 0. The number of methoxy groups -OCH3 is 1. The highest BCUT2D eigenvalue weighted by Gasteiger charge is 2.14. The predicted molar refractivity (Wildman–Crippen MR) is 89.2 cm³/mol. The molecule has 0 spiro atoms. The Labute approximate surface area is 144 Å². The minimum Gasteiger partial charge on any atom is -0.378 e. The molecule has 0 aliphatic heterocycles. The molecule has 3 nitrogen and oxygen atoms in total. The van der Waals surface area contributed by atoms with Gasteiger partial charge in [-0.3, -0.25) is 0 Å². The minimum absolute atomic E-state index is 0.418. The molecule has 0 radical (unpaired) electrons. The van der Waals surface area contributed by atoms with Crippen molar-refractivity contribution in [3.8, 4) is 10.7 Å². The molecule has 0 atom stereocenters. The van der Waals surface area contributed by atoms with Crippen LogP contribution in [0.15, 0.2) is 14.3 Å². The molecule has 0 amide bonds. The highest BCUT2D eigenvalue weighted by atomic mass is 127. The van der Waals surface area contributed by atoms with Crippen molar-refractivity contribution in [2.45, 2.75) is 6.61 Å². The van der Waals surface area contributed by atoms with Gasteiger partial charge < -0.3 is 4.74 Å². The van der Waals surface area contributed by atoms with E-state index in [9.17, 15) is 0 Å². The number of nitrogens with zero attached hydrogens (tertiary/aromatic N) is 2. The maximum Gasteiger partial charge on any atom is 0.171 e. The molecule has 0 bridgehead atoms. The summed E-state index contributed by atoms with van der Waals surface area (Å²) in [5, 5.41) is 0.452. The largest absolute Gasteiger partial charge is 0.378 e. The van der Waals surface area contributed by atoms with Crippen LogP contribution in [0.25, 0.3) is 10.7 Å². The summed E-state index contributed by atoms with van der Waals surface area (Å²) in [4.78, 5) is 9.74. The maximum absolute atomic E-state index is 6.12. The standard InChI is InChI=1S/C10H6Br2ClIN2OS/c1-17-3-5-7(14)9(13)16-10(15-5)6-2-4(11)8(12)18-6/h2H,3H2,1H3. The Morgan fingerprint density at radius 3 is 2.72 bits per heavy atom. The second-order valence-electron chi connectivity index (χ2n) is 3.26. The average Bonchev–Trinajstić information content (AvgIpc) is 2.65. The zero-order chi connectivity index (χ0) is 13.3. The summed E-state index contributed by atoms with van der Waals surface area (Å²) in [7, 11) is 1.63. The second kappa shape index (κ2) is 6.45. The number of aromatic nitrogens is 2. The number of halogens is 4. The third-order valence-corrected chi connectivity index (χ3v) is 7.00. The van der Waals surface area contributed by atoms with Gasteiger partial charge in [-0.1, -0.05) is 11.6 Å². The lowest BCUT2D eigenvalue weighted by atomic mass is 10.4. The summed E-state index contributed by atoms with van der Waals surface area (Å²) < 4.78 is 7.93. The summed E-state index contributed by atoms with van der Waals surface area (Å²) in [6.45, 7) is 0.418. The molecule has 2 aromatic heterocycles. The summed E-state index contributed by atoms with van der Waals surface area (Å²) in [5.74, 6) is 0.615. The lowest BCUT2D eigenvalue weighted by Gasteiger charge is -2.06. The van der Waals surface area contributed by atoms with Crippen molar-refractivity contribution in [1.82, 2.24) is 9.97 Å². The molecule has 2 heterocycles. The van der Waals surface area contributed by atoms with Crippen LogP contribution >= 0.6 is 77.4 Å². The van der Waals surface area contributed by atoms with Crippen LogP contribution in [0.3, 0.4) is 0 Å². The first-order valence-electron chi connectivity index (χ1n) is 4.69.